The van der Waals surface area contributed by atoms with E-state index >= 15 is 0 Å². The van der Waals surface area contributed by atoms with Gasteiger partial charge in [-0.3, -0.25) is 0 Å². The number of ether oxygens (including phenoxy) is 1. The zero-order valence-electron chi connectivity index (χ0n) is 11.2. The molecule has 0 aliphatic heterocycles. The quantitative estimate of drug-likeness (QED) is 0.748. The largest absolute Gasteiger partial charge is 0.392 e. The zero-order valence-corrected chi connectivity index (χ0v) is 11.2. The van der Waals surface area contributed by atoms with E-state index < -0.39 is 0 Å². The van der Waals surface area contributed by atoms with Crippen molar-refractivity contribution in [2.24, 2.45) is 5.41 Å². The van der Waals surface area contributed by atoms with Gasteiger partial charge >= 0.3 is 0 Å². The van der Waals surface area contributed by atoms with Crippen LogP contribution in [0.4, 0.5) is 0 Å². The molecule has 2 aliphatic rings. The summed E-state index contributed by atoms with van der Waals surface area (Å²) in [7, 11) is 0. The predicted octanol–water partition coefficient (Wildman–Crippen LogP) is 2.08. The van der Waals surface area contributed by atoms with Crippen LogP contribution in [-0.2, 0) is 4.74 Å². The minimum absolute atomic E-state index is 0.195. The first-order chi connectivity index (χ1) is 8.23. The Balaban J connectivity index is 1.87. The van der Waals surface area contributed by atoms with Gasteiger partial charge in [0, 0.05) is 24.6 Å². The summed E-state index contributed by atoms with van der Waals surface area (Å²) in [5.41, 5.74) is 0.392. The highest BCUT2D eigenvalue weighted by Crippen LogP contribution is 2.54. The average Bonchev–Trinajstić information content (AvgIpc) is 2.84. The summed E-state index contributed by atoms with van der Waals surface area (Å²) in [6.07, 6.45) is 7.53. The first-order valence-electron chi connectivity index (χ1n) is 7.26. The normalized spacial score (nSPS) is 32.6. The summed E-state index contributed by atoms with van der Waals surface area (Å²) < 4.78 is 5.88. The Labute approximate surface area is 105 Å². The summed E-state index contributed by atoms with van der Waals surface area (Å²) in [5.74, 6) is 0. The Morgan fingerprint density at radius 3 is 2.65 bits per heavy atom. The summed E-state index contributed by atoms with van der Waals surface area (Å²) in [5, 5.41) is 13.2. The van der Waals surface area contributed by atoms with Gasteiger partial charge in [-0.15, -0.1) is 0 Å². The van der Waals surface area contributed by atoms with E-state index in [0.717, 1.165) is 26.0 Å². The molecule has 2 aliphatic carbocycles. The monoisotopic (exact) mass is 241 g/mol. The van der Waals surface area contributed by atoms with E-state index in [1.807, 2.05) is 6.92 Å². The smallest absolute Gasteiger partial charge is 0.0662 e. The first-order valence-corrected chi connectivity index (χ1v) is 7.26. The molecule has 0 aromatic heterocycles. The van der Waals surface area contributed by atoms with E-state index in [9.17, 15) is 5.11 Å². The summed E-state index contributed by atoms with van der Waals surface area (Å²) in [6.45, 7) is 5.68. The summed E-state index contributed by atoms with van der Waals surface area (Å²) >= 11 is 0. The molecule has 2 saturated carbocycles. The SMILES string of the molecule is CCOC1CC(NCC(O)CC)C12CCCC2. The van der Waals surface area contributed by atoms with Gasteiger partial charge in [-0.05, 0) is 32.6 Å². The van der Waals surface area contributed by atoms with Crippen molar-refractivity contribution in [3.63, 3.8) is 0 Å². The molecule has 1 spiro atoms. The fraction of sp³-hybridized carbons (Fsp3) is 1.00. The van der Waals surface area contributed by atoms with E-state index in [-0.39, 0.29) is 6.10 Å². The summed E-state index contributed by atoms with van der Waals surface area (Å²) in [4.78, 5) is 0. The van der Waals surface area contributed by atoms with Crippen LogP contribution < -0.4 is 5.32 Å². The van der Waals surface area contributed by atoms with Crippen molar-refractivity contribution >= 4 is 0 Å². The van der Waals surface area contributed by atoms with Gasteiger partial charge < -0.3 is 15.2 Å². The van der Waals surface area contributed by atoms with Gasteiger partial charge in [-0.25, -0.2) is 0 Å². The fourth-order valence-electron chi connectivity index (χ4n) is 3.60. The highest BCUT2D eigenvalue weighted by molar-refractivity contribution is 5.10. The molecule has 2 N–H and O–H groups in total. The molecule has 0 heterocycles. The maximum atomic E-state index is 9.63. The lowest BCUT2D eigenvalue weighted by Gasteiger charge is -2.54. The van der Waals surface area contributed by atoms with Gasteiger partial charge in [0.1, 0.15) is 0 Å². The van der Waals surface area contributed by atoms with Crippen molar-refractivity contribution in [2.45, 2.75) is 70.6 Å². The second kappa shape index (κ2) is 5.68. The Kier molecular flexibility index (Phi) is 4.45. The number of nitrogens with one attached hydrogen (secondary N) is 1. The van der Waals surface area contributed by atoms with Crippen LogP contribution in [0.25, 0.3) is 0 Å². The van der Waals surface area contributed by atoms with Crippen molar-refractivity contribution in [3.8, 4) is 0 Å². The van der Waals surface area contributed by atoms with Crippen LogP contribution in [0, 0.1) is 5.41 Å². The van der Waals surface area contributed by atoms with E-state index in [1.165, 1.54) is 25.7 Å². The van der Waals surface area contributed by atoms with E-state index in [4.69, 9.17) is 4.74 Å². The lowest BCUT2D eigenvalue weighted by atomic mass is 9.60. The number of aliphatic hydroxyl groups excluding tert-OH is 1. The van der Waals surface area contributed by atoms with Crippen molar-refractivity contribution in [1.29, 1.82) is 0 Å². The number of rotatable bonds is 6. The standard InChI is InChI=1S/C14H27NO2/c1-3-11(16)10-15-12-9-13(17-4-2)14(12)7-5-6-8-14/h11-13,15-16H,3-10H2,1-2H3. The topological polar surface area (TPSA) is 41.5 Å². The van der Waals surface area contributed by atoms with Crippen LogP contribution in [-0.4, -0.2) is 36.5 Å². The highest BCUT2D eigenvalue weighted by atomic mass is 16.5. The third-order valence-corrected chi connectivity index (χ3v) is 4.76. The molecule has 100 valence electrons. The minimum atomic E-state index is -0.195. The molecular weight excluding hydrogens is 214 g/mol. The van der Waals surface area contributed by atoms with Crippen LogP contribution in [0.5, 0.6) is 0 Å². The van der Waals surface area contributed by atoms with Crippen molar-refractivity contribution < 1.29 is 9.84 Å². The molecule has 3 unspecified atom stereocenters. The molecule has 0 aromatic rings. The van der Waals surface area contributed by atoms with E-state index in [2.05, 4.69) is 12.2 Å². The molecule has 3 heteroatoms. The predicted molar refractivity (Wildman–Crippen MR) is 69.0 cm³/mol. The molecule has 2 fully saturated rings. The maximum absolute atomic E-state index is 9.63. The van der Waals surface area contributed by atoms with E-state index in [1.54, 1.807) is 0 Å². The van der Waals surface area contributed by atoms with Crippen LogP contribution >= 0.6 is 0 Å². The summed E-state index contributed by atoms with van der Waals surface area (Å²) in [6, 6.07) is 0.572. The highest BCUT2D eigenvalue weighted by Gasteiger charge is 2.56. The second-order valence-electron chi connectivity index (χ2n) is 5.64. The maximum Gasteiger partial charge on any atom is 0.0662 e. The Morgan fingerprint density at radius 1 is 1.35 bits per heavy atom. The molecular formula is C14H27NO2. The van der Waals surface area contributed by atoms with Crippen molar-refractivity contribution in [2.75, 3.05) is 13.2 Å². The first kappa shape index (κ1) is 13.3. The van der Waals surface area contributed by atoms with Gasteiger partial charge in [0.2, 0.25) is 0 Å². The number of hydrogen-bond donors (Lipinski definition) is 2. The van der Waals surface area contributed by atoms with Crippen molar-refractivity contribution in [3.05, 3.63) is 0 Å². The van der Waals surface area contributed by atoms with Gasteiger partial charge in [0.25, 0.3) is 0 Å². The Morgan fingerprint density at radius 2 is 2.06 bits per heavy atom. The number of hydrogen-bond acceptors (Lipinski definition) is 3. The molecule has 2 rings (SSSR count). The van der Waals surface area contributed by atoms with Gasteiger partial charge in [-0.2, -0.15) is 0 Å². The molecule has 0 aromatic carbocycles. The van der Waals surface area contributed by atoms with Gasteiger partial charge in [0.05, 0.1) is 12.2 Å². The average molecular weight is 241 g/mol. The molecule has 0 amide bonds. The van der Waals surface area contributed by atoms with Crippen LogP contribution in [0.3, 0.4) is 0 Å². The third kappa shape index (κ3) is 2.51. The zero-order chi connectivity index (χ0) is 12.3. The Hall–Kier alpha value is -0.120. The van der Waals surface area contributed by atoms with Crippen LogP contribution in [0.1, 0.15) is 52.4 Å². The van der Waals surface area contributed by atoms with Crippen LogP contribution in [0.2, 0.25) is 0 Å². The Bertz CT molecular complexity index is 238. The lowest BCUT2D eigenvalue weighted by molar-refractivity contribution is -0.131. The fourth-order valence-corrected chi connectivity index (χ4v) is 3.60. The lowest BCUT2D eigenvalue weighted by Crippen LogP contribution is -2.63. The van der Waals surface area contributed by atoms with Gasteiger partial charge in [-0.1, -0.05) is 19.8 Å². The molecule has 17 heavy (non-hydrogen) atoms. The molecule has 0 radical (unpaired) electrons. The molecule has 3 atom stereocenters. The molecule has 0 bridgehead atoms. The second-order valence-corrected chi connectivity index (χ2v) is 5.64. The van der Waals surface area contributed by atoms with Crippen molar-refractivity contribution in [1.82, 2.24) is 5.32 Å². The van der Waals surface area contributed by atoms with E-state index in [0.29, 0.717) is 17.6 Å². The number of aliphatic hydroxyl groups is 1. The molecule has 3 nitrogen and oxygen atoms in total. The van der Waals surface area contributed by atoms with Gasteiger partial charge in [0.15, 0.2) is 0 Å². The molecule has 0 saturated heterocycles. The van der Waals surface area contributed by atoms with Crippen LogP contribution in [0.15, 0.2) is 0 Å². The minimum Gasteiger partial charge on any atom is -0.392 e. The third-order valence-electron chi connectivity index (χ3n) is 4.76.